The Morgan fingerprint density at radius 1 is 1.35 bits per heavy atom. The normalized spacial score (nSPS) is 17.7. The number of nitrogens with one attached hydrogen (secondary N) is 1. The van der Waals surface area contributed by atoms with Gasteiger partial charge in [0, 0.05) is 25.7 Å². The van der Waals surface area contributed by atoms with E-state index in [0.29, 0.717) is 18.7 Å². The first-order chi connectivity index (χ1) is 9.54. The van der Waals surface area contributed by atoms with Gasteiger partial charge in [0.25, 0.3) is 0 Å². The summed E-state index contributed by atoms with van der Waals surface area (Å²) in [4.78, 5) is 23.5. The number of anilines is 1. The molecular formula is C15H23N3O2. The lowest BCUT2D eigenvalue weighted by molar-refractivity contribution is -0.118. The smallest absolute Gasteiger partial charge is 0.250 e. The minimum atomic E-state index is -0.0892. The Kier molecular flexibility index (Phi) is 4.60. The van der Waals surface area contributed by atoms with Crippen LogP contribution in [0.15, 0.2) is 23.1 Å². The summed E-state index contributed by atoms with van der Waals surface area (Å²) in [7, 11) is 1.67. The topological polar surface area (TPSA) is 77.1 Å². The summed E-state index contributed by atoms with van der Waals surface area (Å²) in [6.07, 6.45) is 7.72. The van der Waals surface area contributed by atoms with E-state index < -0.39 is 0 Å². The molecule has 0 atom stereocenters. The molecule has 0 saturated heterocycles. The van der Waals surface area contributed by atoms with Crippen LogP contribution in [0.5, 0.6) is 0 Å². The monoisotopic (exact) mass is 277 g/mol. The zero-order chi connectivity index (χ0) is 14.6. The maximum atomic E-state index is 12.2. The van der Waals surface area contributed by atoms with Crippen molar-refractivity contribution in [3.8, 4) is 0 Å². The Morgan fingerprint density at radius 2 is 2.05 bits per heavy atom. The SMILES string of the molecule is Cn1cc(NC(=O)CC2(CN)CCCCC2)ccc1=O. The molecular weight excluding hydrogens is 254 g/mol. The fourth-order valence-electron chi connectivity index (χ4n) is 2.97. The van der Waals surface area contributed by atoms with Gasteiger partial charge in [0.2, 0.25) is 11.5 Å². The first-order valence-corrected chi connectivity index (χ1v) is 7.21. The van der Waals surface area contributed by atoms with Crippen molar-refractivity contribution in [2.24, 2.45) is 18.2 Å². The number of amides is 1. The fourth-order valence-corrected chi connectivity index (χ4v) is 2.97. The van der Waals surface area contributed by atoms with Gasteiger partial charge in [0.15, 0.2) is 0 Å². The summed E-state index contributed by atoms with van der Waals surface area (Å²) in [5, 5.41) is 2.86. The van der Waals surface area contributed by atoms with E-state index in [9.17, 15) is 9.59 Å². The average Bonchev–Trinajstić information content (AvgIpc) is 2.44. The summed E-state index contributed by atoms with van der Waals surface area (Å²) < 4.78 is 1.45. The third-order valence-electron chi connectivity index (χ3n) is 4.25. The van der Waals surface area contributed by atoms with E-state index in [-0.39, 0.29) is 16.9 Å². The molecule has 0 unspecified atom stereocenters. The summed E-state index contributed by atoms with van der Waals surface area (Å²) in [5.74, 6) is -0.0176. The van der Waals surface area contributed by atoms with Crippen molar-refractivity contribution >= 4 is 11.6 Å². The van der Waals surface area contributed by atoms with Crippen LogP contribution in [0.25, 0.3) is 0 Å². The van der Waals surface area contributed by atoms with E-state index in [2.05, 4.69) is 5.32 Å². The molecule has 20 heavy (non-hydrogen) atoms. The molecule has 0 aromatic carbocycles. The molecule has 3 N–H and O–H groups in total. The zero-order valence-corrected chi connectivity index (χ0v) is 12.0. The summed E-state index contributed by atoms with van der Waals surface area (Å²) >= 11 is 0. The van der Waals surface area contributed by atoms with Crippen LogP contribution >= 0.6 is 0 Å². The Labute approximate surface area is 119 Å². The lowest BCUT2D eigenvalue weighted by atomic mass is 9.71. The minimum Gasteiger partial charge on any atom is -0.330 e. The van der Waals surface area contributed by atoms with Crippen LogP contribution in [0.1, 0.15) is 38.5 Å². The van der Waals surface area contributed by atoms with Crippen LogP contribution in [-0.2, 0) is 11.8 Å². The maximum Gasteiger partial charge on any atom is 0.250 e. The van der Waals surface area contributed by atoms with E-state index >= 15 is 0 Å². The third-order valence-corrected chi connectivity index (χ3v) is 4.25. The van der Waals surface area contributed by atoms with Crippen LogP contribution in [0.2, 0.25) is 0 Å². The van der Waals surface area contributed by atoms with Gasteiger partial charge in [-0.05, 0) is 30.9 Å². The Morgan fingerprint density at radius 3 is 2.65 bits per heavy atom. The number of aryl methyl sites for hydroxylation is 1. The molecule has 1 heterocycles. The molecule has 1 fully saturated rings. The molecule has 0 spiro atoms. The highest BCUT2D eigenvalue weighted by Crippen LogP contribution is 2.38. The zero-order valence-electron chi connectivity index (χ0n) is 12.0. The molecule has 0 aliphatic heterocycles. The average molecular weight is 277 g/mol. The van der Waals surface area contributed by atoms with Crippen molar-refractivity contribution in [3.63, 3.8) is 0 Å². The Balaban J connectivity index is 2.00. The van der Waals surface area contributed by atoms with Gasteiger partial charge in [-0.1, -0.05) is 19.3 Å². The molecule has 110 valence electrons. The highest BCUT2D eigenvalue weighted by molar-refractivity contribution is 5.91. The number of hydrogen-bond acceptors (Lipinski definition) is 3. The predicted molar refractivity (Wildman–Crippen MR) is 79.5 cm³/mol. The van der Waals surface area contributed by atoms with Crippen LogP contribution in [0.3, 0.4) is 0 Å². The quantitative estimate of drug-likeness (QED) is 0.878. The van der Waals surface area contributed by atoms with Crippen LogP contribution < -0.4 is 16.6 Å². The second kappa shape index (κ2) is 6.22. The lowest BCUT2D eigenvalue weighted by Gasteiger charge is -2.35. The number of pyridine rings is 1. The lowest BCUT2D eigenvalue weighted by Crippen LogP contribution is -2.36. The van der Waals surface area contributed by atoms with Crippen molar-refractivity contribution in [2.45, 2.75) is 38.5 Å². The van der Waals surface area contributed by atoms with Crippen molar-refractivity contribution in [3.05, 3.63) is 28.7 Å². The standard InChI is InChI=1S/C15H23N3O2/c1-18-10-12(5-6-14(18)20)17-13(19)9-15(11-16)7-3-2-4-8-15/h5-6,10H,2-4,7-9,11,16H2,1H3,(H,17,19). The second-order valence-electron chi connectivity index (χ2n) is 5.86. The molecule has 2 rings (SSSR count). The molecule has 1 aliphatic rings. The predicted octanol–water partition coefficient (Wildman–Crippen LogP) is 1.62. The van der Waals surface area contributed by atoms with Gasteiger partial charge in [-0.25, -0.2) is 0 Å². The first kappa shape index (κ1) is 14.8. The maximum absolute atomic E-state index is 12.2. The molecule has 1 aliphatic carbocycles. The van der Waals surface area contributed by atoms with Crippen LogP contribution in [0.4, 0.5) is 5.69 Å². The molecule has 5 heteroatoms. The molecule has 1 amide bonds. The number of carbonyl (C=O) groups is 1. The number of nitrogens with two attached hydrogens (primary N) is 1. The van der Waals surface area contributed by atoms with E-state index in [0.717, 1.165) is 25.7 Å². The molecule has 1 aromatic heterocycles. The number of carbonyl (C=O) groups excluding carboxylic acids is 1. The van der Waals surface area contributed by atoms with Crippen LogP contribution in [0, 0.1) is 5.41 Å². The van der Waals surface area contributed by atoms with E-state index in [1.807, 2.05) is 0 Å². The van der Waals surface area contributed by atoms with Gasteiger partial charge in [0.1, 0.15) is 0 Å². The Hall–Kier alpha value is -1.62. The van der Waals surface area contributed by atoms with Crippen molar-refractivity contribution in [1.82, 2.24) is 4.57 Å². The van der Waals surface area contributed by atoms with Crippen molar-refractivity contribution in [2.75, 3.05) is 11.9 Å². The molecule has 0 radical (unpaired) electrons. The number of nitrogens with zero attached hydrogens (tertiary/aromatic N) is 1. The second-order valence-corrected chi connectivity index (χ2v) is 5.86. The highest BCUT2D eigenvalue weighted by Gasteiger charge is 2.32. The van der Waals surface area contributed by atoms with E-state index in [1.54, 1.807) is 19.3 Å². The van der Waals surface area contributed by atoms with Gasteiger partial charge >= 0.3 is 0 Å². The van der Waals surface area contributed by atoms with Gasteiger partial charge < -0.3 is 15.6 Å². The molecule has 1 aromatic rings. The molecule has 0 bridgehead atoms. The number of rotatable bonds is 4. The molecule has 5 nitrogen and oxygen atoms in total. The van der Waals surface area contributed by atoms with Crippen molar-refractivity contribution in [1.29, 1.82) is 0 Å². The number of hydrogen-bond donors (Lipinski definition) is 2. The van der Waals surface area contributed by atoms with Crippen LogP contribution in [-0.4, -0.2) is 17.0 Å². The highest BCUT2D eigenvalue weighted by atomic mass is 16.1. The van der Waals surface area contributed by atoms with Gasteiger partial charge in [-0.3, -0.25) is 9.59 Å². The molecule has 1 saturated carbocycles. The summed E-state index contributed by atoms with van der Waals surface area (Å²) in [6.45, 7) is 0.563. The van der Waals surface area contributed by atoms with Gasteiger partial charge in [-0.2, -0.15) is 0 Å². The van der Waals surface area contributed by atoms with Crippen molar-refractivity contribution < 1.29 is 4.79 Å². The largest absolute Gasteiger partial charge is 0.330 e. The fraction of sp³-hybridized carbons (Fsp3) is 0.600. The van der Waals surface area contributed by atoms with Gasteiger partial charge in [0.05, 0.1) is 5.69 Å². The first-order valence-electron chi connectivity index (χ1n) is 7.21. The summed E-state index contributed by atoms with van der Waals surface area (Å²) in [6, 6.07) is 3.09. The minimum absolute atomic E-state index is 0.0176. The number of aromatic nitrogens is 1. The van der Waals surface area contributed by atoms with E-state index in [1.165, 1.54) is 17.1 Å². The third kappa shape index (κ3) is 3.48. The van der Waals surface area contributed by atoms with Gasteiger partial charge in [-0.15, -0.1) is 0 Å². The van der Waals surface area contributed by atoms with E-state index in [4.69, 9.17) is 5.73 Å². The Bertz CT molecular complexity index is 530. The summed E-state index contributed by atoms with van der Waals surface area (Å²) in [5.41, 5.74) is 6.42.